The Morgan fingerprint density at radius 1 is 1.21 bits per heavy atom. The number of carbonyl (C=O) groups is 1. The van der Waals surface area contributed by atoms with Gasteiger partial charge in [-0.3, -0.25) is 4.79 Å². The van der Waals surface area contributed by atoms with Crippen LogP contribution in [0, 0.1) is 0 Å². The highest BCUT2D eigenvalue weighted by Crippen LogP contribution is 2.20. The summed E-state index contributed by atoms with van der Waals surface area (Å²) in [6.07, 6.45) is 4.40. The zero-order chi connectivity index (χ0) is 13.5. The van der Waals surface area contributed by atoms with Crippen LogP contribution < -0.4 is 0 Å². The topological polar surface area (TPSA) is 39.4 Å². The first-order valence-corrected chi connectivity index (χ1v) is 6.92. The number of unbranched alkanes of at least 4 members (excludes halogenated alkanes) is 2. The number of esters is 1. The van der Waals surface area contributed by atoms with Gasteiger partial charge in [-0.05, 0) is 31.9 Å². The molecule has 1 aromatic heterocycles. The number of carbonyl (C=O) groups excluding carboxylic acids is 1. The third kappa shape index (κ3) is 4.12. The van der Waals surface area contributed by atoms with E-state index in [0.29, 0.717) is 13.0 Å². The predicted molar refractivity (Wildman–Crippen MR) is 75.0 cm³/mol. The molecule has 2 aromatic rings. The van der Waals surface area contributed by atoms with Gasteiger partial charge in [-0.2, -0.15) is 0 Å². The molecule has 0 aliphatic rings. The van der Waals surface area contributed by atoms with Crippen molar-refractivity contribution in [3.63, 3.8) is 0 Å². The summed E-state index contributed by atoms with van der Waals surface area (Å²) in [7, 11) is 0. The number of ether oxygens (including phenoxy) is 1. The van der Waals surface area contributed by atoms with Crippen molar-refractivity contribution in [3.8, 4) is 0 Å². The molecule has 19 heavy (non-hydrogen) atoms. The van der Waals surface area contributed by atoms with Crippen LogP contribution in [0.1, 0.15) is 38.4 Å². The highest BCUT2D eigenvalue weighted by molar-refractivity contribution is 5.77. The molecule has 1 heterocycles. The number of fused-ring (bicyclic) bond motifs is 1. The Morgan fingerprint density at radius 2 is 2.05 bits per heavy atom. The van der Waals surface area contributed by atoms with Crippen LogP contribution in [0.5, 0.6) is 0 Å². The number of rotatable bonds is 7. The number of hydrogen-bond donors (Lipinski definition) is 0. The lowest BCUT2D eigenvalue weighted by atomic mass is 10.1. The Balaban J connectivity index is 1.69. The van der Waals surface area contributed by atoms with Crippen LogP contribution in [-0.2, 0) is 16.0 Å². The van der Waals surface area contributed by atoms with Crippen LogP contribution in [0.3, 0.4) is 0 Å². The van der Waals surface area contributed by atoms with Crippen molar-refractivity contribution in [1.82, 2.24) is 0 Å². The molecule has 0 amide bonds. The van der Waals surface area contributed by atoms with Gasteiger partial charge in [0.2, 0.25) is 0 Å². The Morgan fingerprint density at radius 3 is 2.84 bits per heavy atom. The fourth-order valence-electron chi connectivity index (χ4n) is 2.14. The van der Waals surface area contributed by atoms with Gasteiger partial charge in [0.15, 0.2) is 0 Å². The molecule has 0 saturated heterocycles. The normalized spacial score (nSPS) is 10.8. The summed E-state index contributed by atoms with van der Waals surface area (Å²) in [5.74, 6) is 0.934. The van der Waals surface area contributed by atoms with Crippen LogP contribution in [0.2, 0.25) is 0 Å². The molecular weight excluding hydrogens is 240 g/mol. The summed E-state index contributed by atoms with van der Waals surface area (Å²) in [6, 6.07) is 10.1. The molecule has 1 aromatic carbocycles. The first-order chi connectivity index (χ1) is 9.29. The van der Waals surface area contributed by atoms with E-state index in [0.717, 1.165) is 42.4 Å². The number of hydrogen-bond acceptors (Lipinski definition) is 3. The summed E-state index contributed by atoms with van der Waals surface area (Å²) < 4.78 is 10.6. The Kier molecular flexibility index (Phi) is 5.01. The molecule has 102 valence electrons. The van der Waals surface area contributed by atoms with Gasteiger partial charge in [-0.25, -0.2) is 0 Å². The molecule has 0 aliphatic carbocycles. The second-order valence-electron chi connectivity index (χ2n) is 4.62. The van der Waals surface area contributed by atoms with Crippen molar-refractivity contribution in [2.24, 2.45) is 0 Å². The zero-order valence-electron chi connectivity index (χ0n) is 11.4. The van der Waals surface area contributed by atoms with Crippen molar-refractivity contribution in [2.75, 3.05) is 6.61 Å². The van der Waals surface area contributed by atoms with Gasteiger partial charge in [0, 0.05) is 18.2 Å². The van der Waals surface area contributed by atoms with E-state index in [1.807, 2.05) is 25.1 Å². The third-order valence-corrected chi connectivity index (χ3v) is 3.09. The predicted octanol–water partition coefficient (Wildman–Crippen LogP) is 4.10. The summed E-state index contributed by atoms with van der Waals surface area (Å²) in [5, 5.41) is 1.16. The maximum Gasteiger partial charge on any atom is 0.305 e. The molecule has 0 N–H and O–H groups in total. The van der Waals surface area contributed by atoms with Crippen molar-refractivity contribution >= 4 is 16.9 Å². The van der Waals surface area contributed by atoms with Crippen molar-refractivity contribution in [3.05, 3.63) is 36.1 Å². The average Bonchev–Trinajstić information content (AvgIpc) is 2.81. The SMILES string of the molecule is CCOC(=O)CCCCCc1cc2ccccc2o1. The van der Waals surface area contributed by atoms with Crippen molar-refractivity contribution in [1.29, 1.82) is 0 Å². The minimum absolute atomic E-state index is 0.0914. The number of aryl methyl sites for hydroxylation is 1. The van der Waals surface area contributed by atoms with Crippen LogP contribution in [0.15, 0.2) is 34.7 Å². The Bertz CT molecular complexity index is 495. The molecule has 3 nitrogen and oxygen atoms in total. The number of para-hydroxylation sites is 1. The quantitative estimate of drug-likeness (QED) is 0.556. The molecule has 0 spiro atoms. The van der Waals surface area contributed by atoms with Gasteiger partial charge >= 0.3 is 5.97 Å². The lowest BCUT2D eigenvalue weighted by Gasteiger charge is -2.01. The highest BCUT2D eigenvalue weighted by Gasteiger charge is 2.04. The number of furan rings is 1. The van der Waals surface area contributed by atoms with E-state index in [4.69, 9.17) is 9.15 Å². The summed E-state index contributed by atoms with van der Waals surface area (Å²) >= 11 is 0. The lowest BCUT2D eigenvalue weighted by molar-refractivity contribution is -0.143. The van der Waals surface area contributed by atoms with Gasteiger partial charge in [0.05, 0.1) is 6.61 Å². The Labute approximate surface area is 113 Å². The number of benzene rings is 1. The largest absolute Gasteiger partial charge is 0.466 e. The Hall–Kier alpha value is -1.77. The van der Waals surface area contributed by atoms with E-state index in [2.05, 4.69) is 12.1 Å². The molecule has 0 aliphatic heterocycles. The molecule has 0 atom stereocenters. The second kappa shape index (κ2) is 6.98. The molecule has 0 unspecified atom stereocenters. The van der Waals surface area contributed by atoms with E-state index in [9.17, 15) is 4.79 Å². The van der Waals surface area contributed by atoms with Gasteiger partial charge in [-0.1, -0.05) is 24.6 Å². The highest BCUT2D eigenvalue weighted by atomic mass is 16.5. The fourth-order valence-corrected chi connectivity index (χ4v) is 2.14. The van der Waals surface area contributed by atoms with Gasteiger partial charge < -0.3 is 9.15 Å². The van der Waals surface area contributed by atoms with Gasteiger partial charge in [-0.15, -0.1) is 0 Å². The molecule has 0 saturated carbocycles. The third-order valence-electron chi connectivity index (χ3n) is 3.09. The minimum atomic E-state index is -0.0914. The van der Waals surface area contributed by atoms with E-state index < -0.39 is 0 Å². The van der Waals surface area contributed by atoms with E-state index in [1.54, 1.807) is 0 Å². The average molecular weight is 260 g/mol. The monoisotopic (exact) mass is 260 g/mol. The van der Waals surface area contributed by atoms with Gasteiger partial charge in [0.25, 0.3) is 0 Å². The van der Waals surface area contributed by atoms with Crippen LogP contribution >= 0.6 is 0 Å². The van der Waals surface area contributed by atoms with E-state index in [1.165, 1.54) is 0 Å². The van der Waals surface area contributed by atoms with Crippen LogP contribution in [-0.4, -0.2) is 12.6 Å². The lowest BCUT2D eigenvalue weighted by Crippen LogP contribution is -2.03. The smallest absolute Gasteiger partial charge is 0.305 e. The maximum absolute atomic E-state index is 11.2. The standard InChI is InChI=1S/C16H20O3/c1-2-18-16(17)11-5-3-4-9-14-12-13-8-6-7-10-15(13)19-14/h6-8,10,12H,2-5,9,11H2,1H3. The van der Waals surface area contributed by atoms with E-state index >= 15 is 0 Å². The zero-order valence-corrected chi connectivity index (χ0v) is 11.4. The van der Waals surface area contributed by atoms with Crippen molar-refractivity contribution < 1.29 is 13.9 Å². The minimum Gasteiger partial charge on any atom is -0.466 e. The fraction of sp³-hybridized carbons (Fsp3) is 0.438. The van der Waals surface area contributed by atoms with Crippen molar-refractivity contribution in [2.45, 2.75) is 39.0 Å². The maximum atomic E-state index is 11.2. The van der Waals surface area contributed by atoms with Gasteiger partial charge in [0.1, 0.15) is 11.3 Å². The molecule has 0 radical (unpaired) electrons. The summed E-state index contributed by atoms with van der Waals surface area (Å²) in [4.78, 5) is 11.2. The molecule has 3 heteroatoms. The summed E-state index contributed by atoms with van der Waals surface area (Å²) in [6.45, 7) is 2.30. The van der Waals surface area contributed by atoms with Crippen LogP contribution in [0.4, 0.5) is 0 Å². The molecule has 2 rings (SSSR count). The second-order valence-corrected chi connectivity index (χ2v) is 4.62. The molecule has 0 bridgehead atoms. The summed E-state index contributed by atoms with van der Waals surface area (Å²) in [5.41, 5.74) is 0.948. The first-order valence-electron chi connectivity index (χ1n) is 6.92. The molecule has 0 fully saturated rings. The molecular formula is C16H20O3. The first kappa shape index (κ1) is 13.7. The van der Waals surface area contributed by atoms with E-state index in [-0.39, 0.29) is 5.97 Å². The van der Waals surface area contributed by atoms with Crippen LogP contribution in [0.25, 0.3) is 11.0 Å².